The number of carboxylic acids is 1. The van der Waals surface area contributed by atoms with Crippen molar-refractivity contribution in [3.63, 3.8) is 0 Å². The highest BCUT2D eigenvalue weighted by Crippen LogP contribution is 2.22. The minimum atomic E-state index is -1.02. The minimum absolute atomic E-state index is 0.149. The first-order valence-corrected chi connectivity index (χ1v) is 7.10. The van der Waals surface area contributed by atoms with Gasteiger partial charge in [-0.2, -0.15) is 0 Å². The van der Waals surface area contributed by atoms with Gasteiger partial charge in [0.1, 0.15) is 0 Å². The van der Waals surface area contributed by atoms with Crippen LogP contribution in [0.15, 0.2) is 42.6 Å². The van der Waals surface area contributed by atoms with E-state index < -0.39 is 5.97 Å². The standard InChI is InChI=1S/C15H14N2O3S/c1-10(11-5-3-2-4-6-11)14(20)17-15-16-9-12(21-15)7-8-13(18)19/h2-10H,1H3,(H,18,19)(H,16,17,20)/b8-7+. The lowest BCUT2D eigenvalue weighted by molar-refractivity contribution is -0.131. The first kappa shape index (κ1) is 14.9. The number of nitrogens with zero attached hydrogens (tertiary/aromatic N) is 1. The molecule has 2 aromatic rings. The number of anilines is 1. The quantitative estimate of drug-likeness (QED) is 0.832. The molecule has 0 saturated heterocycles. The van der Waals surface area contributed by atoms with Crippen molar-refractivity contribution in [3.8, 4) is 0 Å². The summed E-state index contributed by atoms with van der Waals surface area (Å²) in [6.45, 7) is 1.82. The lowest BCUT2D eigenvalue weighted by Gasteiger charge is -2.10. The zero-order chi connectivity index (χ0) is 15.2. The van der Waals surface area contributed by atoms with Crippen molar-refractivity contribution in [1.29, 1.82) is 0 Å². The molecule has 2 N–H and O–H groups in total. The molecule has 21 heavy (non-hydrogen) atoms. The van der Waals surface area contributed by atoms with Gasteiger partial charge in [-0.05, 0) is 18.6 Å². The van der Waals surface area contributed by atoms with Crippen LogP contribution >= 0.6 is 11.3 Å². The average molecular weight is 302 g/mol. The van der Waals surface area contributed by atoms with Gasteiger partial charge >= 0.3 is 5.97 Å². The van der Waals surface area contributed by atoms with Gasteiger partial charge in [-0.15, -0.1) is 0 Å². The number of thiazole rings is 1. The van der Waals surface area contributed by atoms with E-state index in [9.17, 15) is 9.59 Å². The molecular weight excluding hydrogens is 288 g/mol. The summed E-state index contributed by atoms with van der Waals surface area (Å²) in [4.78, 5) is 27.3. The second kappa shape index (κ2) is 6.81. The molecule has 1 aromatic carbocycles. The Bertz CT molecular complexity index is 665. The Kier molecular flexibility index (Phi) is 4.84. The van der Waals surface area contributed by atoms with Crippen LogP contribution in [-0.4, -0.2) is 22.0 Å². The van der Waals surface area contributed by atoms with Gasteiger partial charge in [0.2, 0.25) is 5.91 Å². The highest BCUT2D eigenvalue weighted by atomic mass is 32.1. The van der Waals surface area contributed by atoms with E-state index in [1.54, 1.807) is 0 Å². The number of carbonyl (C=O) groups is 2. The van der Waals surface area contributed by atoms with Crippen LogP contribution in [0.1, 0.15) is 23.3 Å². The maximum Gasteiger partial charge on any atom is 0.328 e. The molecule has 0 bridgehead atoms. The molecule has 5 nitrogen and oxygen atoms in total. The summed E-state index contributed by atoms with van der Waals surface area (Å²) in [5.74, 6) is -1.45. The van der Waals surface area contributed by atoms with Crippen molar-refractivity contribution < 1.29 is 14.7 Å². The summed E-state index contributed by atoms with van der Waals surface area (Å²) in [5.41, 5.74) is 0.928. The number of carboxylic acid groups (broad SMARTS) is 1. The molecule has 1 atom stereocenters. The minimum Gasteiger partial charge on any atom is -0.478 e. The van der Waals surface area contributed by atoms with E-state index in [1.165, 1.54) is 23.6 Å². The van der Waals surface area contributed by atoms with E-state index in [4.69, 9.17) is 5.11 Å². The summed E-state index contributed by atoms with van der Waals surface area (Å²) >= 11 is 1.22. The van der Waals surface area contributed by atoms with Gasteiger partial charge in [0.05, 0.1) is 5.92 Å². The van der Waals surface area contributed by atoms with Crippen LogP contribution in [0.4, 0.5) is 5.13 Å². The van der Waals surface area contributed by atoms with Gasteiger partial charge in [-0.25, -0.2) is 9.78 Å². The smallest absolute Gasteiger partial charge is 0.328 e. The summed E-state index contributed by atoms with van der Waals surface area (Å²) < 4.78 is 0. The third kappa shape index (κ3) is 4.25. The maximum absolute atomic E-state index is 12.1. The average Bonchev–Trinajstić information content (AvgIpc) is 2.92. The van der Waals surface area contributed by atoms with Gasteiger partial charge in [-0.1, -0.05) is 41.7 Å². The van der Waals surface area contributed by atoms with Gasteiger partial charge in [-0.3, -0.25) is 4.79 Å². The number of carbonyl (C=O) groups excluding carboxylic acids is 1. The maximum atomic E-state index is 12.1. The van der Waals surface area contributed by atoms with E-state index in [0.29, 0.717) is 10.0 Å². The SMILES string of the molecule is CC(C(=O)Nc1ncc(/C=C/C(=O)O)s1)c1ccccc1. The van der Waals surface area contributed by atoms with Crippen LogP contribution in [0.2, 0.25) is 0 Å². The Morgan fingerprint density at radius 2 is 2.05 bits per heavy atom. The Morgan fingerprint density at radius 3 is 2.71 bits per heavy atom. The number of aliphatic carboxylic acids is 1. The van der Waals surface area contributed by atoms with Crippen LogP contribution in [0.5, 0.6) is 0 Å². The van der Waals surface area contributed by atoms with E-state index in [-0.39, 0.29) is 11.8 Å². The summed E-state index contributed by atoms with van der Waals surface area (Å²) in [5, 5.41) is 11.7. The third-order valence-corrected chi connectivity index (χ3v) is 3.71. The molecule has 0 saturated carbocycles. The molecule has 2 rings (SSSR count). The number of benzene rings is 1. The highest BCUT2D eigenvalue weighted by Gasteiger charge is 2.16. The predicted octanol–water partition coefficient (Wildman–Crippen LogP) is 2.98. The number of aromatic nitrogens is 1. The zero-order valence-electron chi connectivity index (χ0n) is 11.3. The van der Waals surface area contributed by atoms with Crippen LogP contribution < -0.4 is 5.32 Å². The van der Waals surface area contributed by atoms with Crippen LogP contribution in [0.3, 0.4) is 0 Å². The van der Waals surface area contributed by atoms with Crippen molar-refractivity contribution in [1.82, 2.24) is 4.98 Å². The molecule has 1 heterocycles. The molecule has 6 heteroatoms. The van der Waals surface area contributed by atoms with Crippen LogP contribution in [0.25, 0.3) is 6.08 Å². The number of nitrogens with one attached hydrogen (secondary N) is 1. The summed E-state index contributed by atoms with van der Waals surface area (Å²) in [6.07, 6.45) is 3.99. The molecular formula is C15H14N2O3S. The third-order valence-electron chi connectivity index (χ3n) is 2.84. The fraction of sp³-hybridized carbons (Fsp3) is 0.133. The van der Waals surface area contributed by atoms with Crippen molar-refractivity contribution in [2.45, 2.75) is 12.8 Å². The Balaban J connectivity index is 2.01. The van der Waals surface area contributed by atoms with Crippen molar-refractivity contribution >= 4 is 34.4 Å². The molecule has 1 unspecified atom stereocenters. The van der Waals surface area contributed by atoms with Gasteiger partial charge in [0.15, 0.2) is 5.13 Å². The number of hydrogen-bond donors (Lipinski definition) is 2. The lowest BCUT2D eigenvalue weighted by Crippen LogP contribution is -2.18. The van der Waals surface area contributed by atoms with E-state index in [2.05, 4.69) is 10.3 Å². The molecule has 1 aromatic heterocycles. The second-order valence-corrected chi connectivity index (χ2v) is 5.42. The monoisotopic (exact) mass is 302 g/mol. The van der Waals surface area contributed by atoms with Gasteiger partial charge in [0.25, 0.3) is 0 Å². The number of rotatable bonds is 5. The molecule has 0 fully saturated rings. The molecule has 0 radical (unpaired) electrons. The van der Waals surface area contributed by atoms with Crippen LogP contribution in [0, 0.1) is 0 Å². The number of amides is 1. The predicted molar refractivity (Wildman–Crippen MR) is 82.3 cm³/mol. The fourth-order valence-electron chi connectivity index (χ4n) is 1.68. The molecule has 1 amide bonds. The van der Waals surface area contributed by atoms with Crippen LogP contribution in [-0.2, 0) is 9.59 Å². The zero-order valence-corrected chi connectivity index (χ0v) is 12.1. The molecule has 108 valence electrons. The first-order chi connectivity index (χ1) is 10.1. The molecule has 0 spiro atoms. The van der Waals surface area contributed by atoms with Gasteiger partial charge in [0, 0.05) is 17.2 Å². The summed E-state index contributed by atoms with van der Waals surface area (Å²) in [6, 6.07) is 9.46. The van der Waals surface area contributed by atoms with E-state index in [1.807, 2.05) is 37.3 Å². The molecule has 0 aliphatic heterocycles. The Hall–Kier alpha value is -2.47. The number of hydrogen-bond acceptors (Lipinski definition) is 4. The Morgan fingerprint density at radius 1 is 1.33 bits per heavy atom. The topological polar surface area (TPSA) is 79.3 Å². The fourth-order valence-corrected chi connectivity index (χ4v) is 2.40. The second-order valence-electron chi connectivity index (χ2n) is 4.36. The lowest BCUT2D eigenvalue weighted by atomic mass is 10.0. The van der Waals surface area contributed by atoms with Crippen molar-refractivity contribution in [2.24, 2.45) is 0 Å². The molecule has 0 aliphatic rings. The Labute approximate surface area is 126 Å². The largest absolute Gasteiger partial charge is 0.478 e. The highest BCUT2D eigenvalue weighted by molar-refractivity contribution is 7.16. The van der Waals surface area contributed by atoms with E-state index >= 15 is 0 Å². The summed E-state index contributed by atoms with van der Waals surface area (Å²) in [7, 11) is 0. The van der Waals surface area contributed by atoms with Crippen molar-refractivity contribution in [3.05, 3.63) is 53.0 Å². The normalized spacial score (nSPS) is 12.2. The van der Waals surface area contributed by atoms with Crippen molar-refractivity contribution in [2.75, 3.05) is 5.32 Å². The van der Waals surface area contributed by atoms with E-state index in [0.717, 1.165) is 11.6 Å². The molecule has 0 aliphatic carbocycles. The van der Waals surface area contributed by atoms with Gasteiger partial charge < -0.3 is 10.4 Å². The first-order valence-electron chi connectivity index (χ1n) is 6.29.